The highest BCUT2D eigenvalue weighted by Gasteiger charge is 2.53. The lowest BCUT2D eigenvalue weighted by atomic mass is 9.78. The Morgan fingerprint density at radius 2 is 1.57 bits per heavy atom. The first-order chi connectivity index (χ1) is 9.41. The van der Waals surface area contributed by atoms with Gasteiger partial charge in [-0.15, -0.1) is 13.2 Å². The molecule has 0 radical (unpaired) electrons. The molecule has 3 nitrogen and oxygen atoms in total. The lowest BCUT2D eigenvalue weighted by molar-refractivity contribution is -0.274. The van der Waals surface area contributed by atoms with Crippen molar-refractivity contribution in [3.05, 3.63) is 24.0 Å². The van der Waals surface area contributed by atoms with Crippen LogP contribution in [0.2, 0.25) is 0 Å². The van der Waals surface area contributed by atoms with Gasteiger partial charge in [0.15, 0.2) is 0 Å². The Morgan fingerprint density at radius 3 is 2.05 bits per heavy atom. The number of hydrogen-bond donors (Lipinski definition) is 0. The first-order valence-corrected chi connectivity index (χ1v) is 6.32. The summed E-state index contributed by atoms with van der Waals surface area (Å²) in [4.78, 5) is 0. The molecule has 0 amide bonds. The fourth-order valence-corrected chi connectivity index (χ4v) is 1.89. The van der Waals surface area contributed by atoms with E-state index in [1.54, 1.807) is 27.7 Å². The van der Waals surface area contributed by atoms with Crippen LogP contribution in [0.1, 0.15) is 27.7 Å². The molecule has 0 N–H and O–H groups in total. The van der Waals surface area contributed by atoms with Crippen molar-refractivity contribution in [1.82, 2.24) is 0 Å². The molecule has 8 heteroatoms. The molecule has 21 heavy (non-hydrogen) atoms. The third-order valence-electron chi connectivity index (χ3n) is 3.70. The summed E-state index contributed by atoms with van der Waals surface area (Å²) in [5.74, 6) is -1.24. The fraction of sp³-hybridized carbons (Fsp3) is 0.538. The van der Waals surface area contributed by atoms with E-state index in [4.69, 9.17) is 9.31 Å². The van der Waals surface area contributed by atoms with Crippen LogP contribution in [0.15, 0.2) is 18.2 Å². The largest absolute Gasteiger partial charge is 0.573 e. The summed E-state index contributed by atoms with van der Waals surface area (Å²) in [7, 11) is -1.14. The average molecular weight is 306 g/mol. The molecule has 0 saturated carbocycles. The van der Waals surface area contributed by atoms with E-state index < -0.39 is 36.2 Å². The Kier molecular flexibility index (Phi) is 3.74. The van der Waals surface area contributed by atoms with Crippen molar-refractivity contribution in [2.75, 3.05) is 0 Å². The number of benzene rings is 1. The summed E-state index contributed by atoms with van der Waals surface area (Å²) >= 11 is 0. The molecule has 0 atom stereocenters. The number of hydrogen-bond acceptors (Lipinski definition) is 3. The highest BCUT2D eigenvalue weighted by Crippen LogP contribution is 2.37. The summed E-state index contributed by atoms with van der Waals surface area (Å²) in [6.45, 7) is 6.99. The molecular weight excluding hydrogens is 291 g/mol. The maximum absolute atomic E-state index is 13.4. The van der Waals surface area contributed by atoms with Crippen LogP contribution in [-0.2, 0) is 9.31 Å². The standard InChI is InChI=1S/C13H15BF4O3/c1-11(2)12(3,4)21-14(20-11)9-7-8(15)5-6-10(9)19-13(16,17)18/h5-7H,1-4H3. The third kappa shape index (κ3) is 3.32. The summed E-state index contributed by atoms with van der Waals surface area (Å²) < 4.78 is 65.8. The van der Waals surface area contributed by atoms with E-state index in [9.17, 15) is 17.6 Å². The maximum atomic E-state index is 13.4. The van der Waals surface area contributed by atoms with Crippen LogP contribution in [0.3, 0.4) is 0 Å². The van der Waals surface area contributed by atoms with Gasteiger partial charge < -0.3 is 14.0 Å². The SMILES string of the molecule is CC1(C)OB(c2cc(F)ccc2OC(F)(F)F)OC1(C)C. The smallest absolute Gasteiger partial charge is 0.406 e. The highest BCUT2D eigenvalue weighted by atomic mass is 19.4. The second-order valence-electron chi connectivity index (χ2n) is 5.82. The van der Waals surface area contributed by atoms with Crippen LogP contribution in [0.5, 0.6) is 5.75 Å². The van der Waals surface area contributed by atoms with Crippen LogP contribution in [0.25, 0.3) is 0 Å². The van der Waals surface area contributed by atoms with Crippen molar-refractivity contribution in [2.45, 2.75) is 45.3 Å². The average Bonchev–Trinajstić information content (AvgIpc) is 2.49. The molecule has 1 aromatic rings. The van der Waals surface area contributed by atoms with Crippen LogP contribution in [0.4, 0.5) is 17.6 Å². The Hall–Kier alpha value is -1.28. The van der Waals surface area contributed by atoms with E-state index in [-0.39, 0.29) is 5.46 Å². The predicted molar refractivity (Wildman–Crippen MR) is 68.8 cm³/mol. The van der Waals surface area contributed by atoms with Gasteiger partial charge in [-0.3, -0.25) is 0 Å². The van der Waals surface area contributed by atoms with Crippen molar-refractivity contribution in [3.8, 4) is 5.75 Å². The minimum atomic E-state index is -4.88. The normalized spacial score (nSPS) is 20.7. The molecule has 116 valence electrons. The lowest BCUT2D eigenvalue weighted by Crippen LogP contribution is -2.41. The molecule has 0 bridgehead atoms. The first kappa shape index (κ1) is 16.1. The van der Waals surface area contributed by atoms with Crippen LogP contribution in [0, 0.1) is 5.82 Å². The van der Waals surface area contributed by atoms with Gasteiger partial charge in [-0.05, 0) is 45.9 Å². The Bertz CT molecular complexity index is 527. The van der Waals surface area contributed by atoms with Gasteiger partial charge in [-0.1, -0.05) is 0 Å². The number of rotatable bonds is 2. The van der Waals surface area contributed by atoms with Crippen LogP contribution in [-0.4, -0.2) is 24.7 Å². The minimum absolute atomic E-state index is 0.133. The fourth-order valence-electron chi connectivity index (χ4n) is 1.89. The zero-order valence-corrected chi connectivity index (χ0v) is 12.0. The van der Waals surface area contributed by atoms with Gasteiger partial charge in [-0.2, -0.15) is 0 Å². The molecule has 0 aliphatic carbocycles. The topological polar surface area (TPSA) is 27.7 Å². The number of alkyl halides is 3. The zero-order valence-electron chi connectivity index (χ0n) is 12.0. The molecule has 1 aliphatic heterocycles. The number of halogens is 4. The predicted octanol–water partition coefficient (Wildman–Crippen LogP) is 3.02. The van der Waals surface area contributed by atoms with E-state index in [0.717, 1.165) is 18.2 Å². The Balaban J connectivity index is 2.38. The quantitative estimate of drug-likeness (QED) is 0.621. The van der Waals surface area contributed by atoms with Gasteiger partial charge in [-0.25, -0.2) is 4.39 Å². The molecule has 1 saturated heterocycles. The summed E-state index contributed by atoms with van der Waals surface area (Å²) in [6, 6.07) is 2.71. The van der Waals surface area contributed by atoms with Gasteiger partial charge in [0.2, 0.25) is 0 Å². The van der Waals surface area contributed by atoms with Gasteiger partial charge in [0.25, 0.3) is 0 Å². The minimum Gasteiger partial charge on any atom is -0.406 e. The second kappa shape index (κ2) is 4.88. The zero-order chi connectivity index (χ0) is 16.1. The molecular formula is C13H15BF4O3. The Morgan fingerprint density at radius 1 is 1.05 bits per heavy atom. The van der Waals surface area contributed by atoms with Crippen molar-refractivity contribution < 1.29 is 31.6 Å². The first-order valence-electron chi connectivity index (χ1n) is 6.32. The Labute approximate surface area is 120 Å². The molecule has 0 spiro atoms. The molecule has 1 aromatic carbocycles. The lowest BCUT2D eigenvalue weighted by Gasteiger charge is -2.32. The maximum Gasteiger partial charge on any atom is 0.573 e. The van der Waals surface area contributed by atoms with E-state index in [1.807, 2.05) is 0 Å². The molecule has 1 fully saturated rings. The van der Waals surface area contributed by atoms with E-state index in [2.05, 4.69) is 4.74 Å². The van der Waals surface area contributed by atoms with Crippen LogP contribution >= 0.6 is 0 Å². The summed E-state index contributed by atoms with van der Waals surface area (Å²) in [5.41, 5.74) is -1.63. The molecule has 0 aromatic heterocycles. The molecule has 0 unspecified atom stereocenters. The van der Waals surface area contributed by atoms with Gasteiger partial charge in [0.1, 0.15) is 11.6 Å². The molecule has 1 aliphatic rings. The van der Waals surface area contributed by atoms with Crippen molar-refractivity contribution >= 4 is 12.6 Å². The van der Waals surface area contributed by atoms with E-state index in [1.165, 1.54) is 0 Å². The number of ether oxygens (including phenoxy) is 1. The van der Waals surface area contributed by atoms with Crippen molar-refractivity contribution in [1.29, 1.82) is 0 Å². The molecule has 2 rings (SSSR count). The van der Waals surface area contributed by atoms with Crippen molar-refractivity contribution in [2.24, 2.45) is 0 Å². The highest BCUT2D eigenvalue weighted by molar-refractivity contribution is 6.63. The summed E-state index contributed by atoms with van der Waals surface area (Å²) in [5, 5.41) is 0. The van der Waals surface area contributed by atoms with Gasteiger partial charge in [0, 0.05) is 5.46 Å². The molecule has 1 heterocycles. The van der Waals surface area contributed by atoms with Gasteiger partial charge in [0.05, 0.1) is 11.2 Å². The second-order valence-corrected chi connectivity index (χ2v) is 5.82. The van der Waals surface area contributed by atoms with E-state index >= 15 is 0 Å². The van der Waals surface area contributed by atoms with E-state index in [0.29, 0.717) is 0 Å². The third-order valence-corrected chi connectivity index (χ3v) is 3.70. The monoisotopic (exact) mass is 306 g/mol. The summed E-state index contributed by atoms with van der Waals surface area (Å²) in [6.07, 6.45) is -4.88. The van der Waals surface area contributed by atoms with Crippen molar-refractivity contribution in [3.63, 3.8) is 0 Å². The van der Waals surface area contributed by atoms with Gasteiger partial charge >= 0.3 is 13.5 Å². The van der Waals surface area contributed by atoms with Crippen LogP contribution < -0.4 is 10.2 Å².